The zero-order chi connectivity index (χ0) is 19.2. The summed E-state index contributed by atoms with van der Waals surface area (Å²) in [5.41, 5.74) is 7.96. The molecule has 1 fully saturated rings. The molecular formula is C21H25N3O3. The third kappa shape index (κ3) is 5.00. The summed E-state index contributed by atoms with van der Waals surface area (Å²) in [6, 6.07) is 14.8. The zero-order valence-electron chi connectivity index (χ0n) is 15.2. The molecular weight excluding hydrogens is 342 g/mol. The van der Waals surface area contributed by atoms with Crippen molar-refractivity contribution in [1.29, 1.82) is 0 Å². The maximum atomic E-state index is 12.1. The fraction of sp³-hybridized carbons (Fsp3) is 0.333. The molecule has 0 unspecified atom stereocenters. The summed E-state index contributed by atoms with van der Waals surface area (Å²) in [7, 11) is 0. The molecule has 2 aromatic rings. The Morgan fingerprint density at radius 2 is 1.74 bits per heavy atom. The van der Waals surface area contributed by atoms with Gasteiger partial charge in [0.25, 0.3) is 0 Å². The Kier molecular flexibility index (Phi) is 5.96. The lowest BCUT2D eigenvalue weighted by atomic mass is 9.96. The Hall–Kier alpha value is -3.02. The van der Waals surface area contributed by atoms with Crippen LogP contribution in [0, 0.1) is 5.92 Å². The SMILES string of the molecule is NC(=O)C1CCN(c2ccc(NC(=O)CCc3ccccc3O)cc2)CC1. The molecule has 1 saturated heterocycles. The standard InChI is InChI=1S/C21H25N3O3/c22-21(27)16-11-13-24(14-12-16)18-8-6-17(7-9-18)23-20(26)10-5-15-3-1-2-4-19(15)25/h1-4,6-9,16,25H,5,10-14H2,(H2,22,27)(H,23,26). The van der Waals surface area contributed by atoms with Crippen LogP contribution in [0.25, 0.3) is 0 Å². The molecule has 2 aromatic carbocycles. The fourth-order valence-corrected chi connectivity index (χ4v) is 3.37. The number of piperidine rings is 1. The number of rotatable bonds is 6. The Balaban J connectivity index is 1.49. The zero-order valence-corrected chi connectivity index (χ0v) is 15.2. The minimum Gasteiger partial charge on any atom is -0.508 e. The van der Waals surface area contributed by atoms with E-state index in [1.807, 2.05) is 36.4 Å². The number of para-hydroxylation sites is 1. The number of aromatic hydroxyl groups is 1. The monoisotopic (exact) mass is 367 g/mol. The van der Waals surface area contributed by atoms with Gasteiger partial charge in [0.05, 0.1) is 0 Å². The second-order valence-electron chi connectivity index (χ2n) is 6.89. The van der Waals surface area contributed by atoms with Crippen LogP contribution >= 0.6 is 0 Å². The van der Waals surface area contributed by atoms with E-state index in [0.29, 0.717) is 12.8 Å². The van der Waals surface area contributed by atoms with Gasteiger partial charge in [-0.15, -0.1) is 0 Å². The minimum atomic E-state index is -0.212. The molecule has 2 amide bonds. The van der Waals surface area contributed by atoms with Crippen LogP contribution in [0.5, 0.6) is 5.75 Å². The Morgan fingerprint density at radius 3 is 2.37 bits per heavy atom. The van der Waals surface area contributed by atoms with Gasteiger partial charge >= 0.3 is 0 Å². The highest BCUT2D eigenvalue weighted by atomic mass is 16.3. The molecule has 1 aliphatic heterocycles. The molecule has 0 atom stereocenters. The van der Waals surface area contributed by atoms with Gasteiger partial charge in [-0.3, -0.25) is 9.59 Å². The van der Waals surface area contributed by atoms with E-state index in [-0.39, 0.29) is 23.5 Å². The number of benzene rings is 2. The quantitative estimate of drug-likeness (QED) is 0.731. The molecule has 1 aliphatic rings. The maximum absolute atomic E-state index is 12.1. The van der Waals surface area contributed by atoms with Crippen LogP contribution in [-0.2, 0) is 16.0 Å². The van der Waals surface area contributed by atoms with Crippen LogP contribution < -0.4 is 16.0 Å². The summed E-state index contributed by atoms with van der Waals surface area (Å²) in [6.07, 6.45) is 2.35. The number of amides is 2. The van der Waals surface area contributed by atoms with E-state index in [1.54, 1.807) is 12.1 Å². The smallest absolute Gasteiger partial charge is 0.224 e. The number of hydrogen-bond donors (Lipinski definition) is 3. The van der Waals surface area contributed by atoms with Gasteiger partial charge in [-0.1, -0.05) is 18.2 Å². The van der Waals surface area contributed by atoms with Crippen molar-refractivity contribution in [1.82, 2.24) is 0 Å². The molecule has 0 aromatic heterocycles. The molecule has 0 aliphatic carbocycles. The van der Waals surface area contributed by atoms with E-state index in [0.717, 1.165) is 42.9 Å². The van der Waals surface area contributed by atoms with Gasteiger partial charge in [-0.25, -0.2) is 0 Å². The predicted molar refractivity (Wildman–Crippen MR) is 106 cm³/mol. The first-order valence-electron chi connectivity index (χ1n) is 9.24. The number of phenolic OH excluding ortho intramolecular Hbond substituents is 1. The van der Waals surface area contributed by atoms with E-state index in [2.05, 4.69) is 10.2 Å². The molecule has 6 heteroatoms. The molecule has 142 valence electrons. The predicted octanol–water partition coefficient (Wildman–Crippen LogP) is 2.67. The van der Waals surface area contributed by atoms with Crippen molar-refractivity contribution in [3.05, 3.63) is 54.1 Å². The van der Waals surface area contributed by atoms with Crippen LogP contribution in [0.2, 0.25) is 0 Å². The minimum absolute atomic E-state index is 0.0242. The van der Waals surface area contributed by atoms with Gasteiger partial charge in [0, 0.05) is 36.8 Å². The Labute approximate surface area is 159 Å². The summed E-state index contributed by atoms with van der Waals surface area (Å²) in [5, 5.41) is 12.6. The van der Waals surface area contributed by atoms with Crippen molar-refractivity contribution in [3.63, 3.8) is 0 Å². The van der Waals surface area contributed by atoms with Gasteiger partial charge in [0.1, 0.15) is 5.75 Å². The van der Waals surface area contributed by atoms with E-state index >= 15 is 0 Å². The molecule has 1 heterocycles. The highest BCUT2D eigenvalue weighted by Crippen LogP contribution is 2.24. The van der Waals surface area contributed by atoms with Gasteiger partial charge in [0.15, 0.2) is 0 Å². The van der Waals surface area contributed by atoms with Gasteiger partial charge < -0.3 is 21.1 Å². The van der Waals surface area contributed by atoms with Crippen molar-refractivity contribution in [3.8, 4) is 5.75 Å². The highest BCUT2D eigenvalue weighted by molar-refractivity contribution is 5.91. The van der Waals surface area contributed by atoms with Gasteiger partial charge in [-0.05, 0) is 55.2 Å². The molecule has 4 N–H and O–H groups in total. The number of anilines is 2. The number of carbonyl (C=O) groups excluding carboxylic acids is 2. The van der Waals surface area contributed by atoms with E-state index < -0.39 is 0 Å². The number of aryl methyl sites for hydroxylation is 1. The third-order valence-electron chi connectivity index (χ3n) is 5.03. The molecule has 0 radical (unpaired) electrons. The number of nitrogens with one attached hydrogen (secondary N) is 1. The molecule has 27 heavy (non-hydrogen) atoms. The summed E-state index contributed by atoms with van der Waals surface area (Å²) in [5.74, 6) is -0.108. The Morgan fingerprint density at radius 1 is 1.07 bits per heavy atom. The second kappa shape index (κ2) is 8.58. The topological polar surface area (TPSA) is 95.7 Å². The number of hydrogen-bond acceptors (Lipinski definition) is 4. The fourth-order valence-electron chi connectivity index (χ4n) is 3.37. The molecule has 0 saturated carbocycles. The van der Waals surface area contributed by atoms with Crippen molar-refractivity contribution in [2.45, 2.75) is 25.7 Å². The van der Waals surface area contributed by atoms with Crippen molar-refractivity contribution < 1.29 is 14.7 Å². The summed E-state index contributed by atoms with van der Waals surface area (Å²) in [4.78, 5) is 25.6. The van der Waals surface area contributed by atoms with Crippen LogP contribution in [0.15, 0.2) is 48.5 Å². The lowest BCUT2D eigenvalue weighted by molar-refractivity contribution is -0.122. The normalized spacial score (nSPS) is 14.7. The van der Waals surface area contributed by atoms with E-state index in [1.165, 1.54) is 0 Å². The maximum Gasteiger partial charge on any atom is 0.224 e. The van der Waals surface area contributed by atoms with Crippen LogP contribution in [-0.4, -0.2) is 30.0 Å². The number of phenols is 1. The van der Waals surface area contributed by atoms with E-state index in [4.69, 9.17) is 5.73 Å². The van der Waals surface area contributed by atoms with Gasteiger partial charge in [-0.2, -0.15) is 0 Å². The third-order valence-corrected chi connectivity index (χ3v) is 5.03. The van der Waals surface area contributed by atoms with Crippen LogP contribution in [0.4, 0.5) is 11.4 Å². The number of carbonyl (C=O) groups is 2. The average molecular weight is 367 g/mol. The van der Waals surface area contributed by atoms with Crippen molar-refractivity contribution in [2.24, 2.45) is 11.7 Å². The molecule has 0 bridgehead atoms. The lowest BCUT2D eigenvalue weighted by Gasteiger charge is -2.32. The largest absolute Gasteiger partial charge is 0.508 e. The molecule has 0 spiro atoms. The Bertz CT molecular complexity index is 797. The average Bonchev–Trinajstić information content (AvgIpc) is 2.68. The summed E-state index contributed by atoms with van der Waals surface area (Å²) in [6.45, 7) is 1.61. The molecule has 3 rings (SSSR count). The first-order chi connectivity index (χ1) is 13.0. The first-order valence-corrected chi connectivity index (χ1v) is 9.24. The molecule has 6 nitrogen and oxygen atoms in total. The number of primary amides is 1. The van der Waals surface area contributed by atoms with E-state index in [9.17, 15) is 14.7 Å². The number of nitrogens with zero attached hydrogens (tertiary/aromatic N) is 1. The first kappa shape index (κ1) is 18.8. The van der Waals surface area contributed by atoms with Gasteiger partial charge in [0.2, 0.25) is 11.8 Å². The van der Waals surface area contributed by atoms with Crippen molar-refractivity contribution in [2.75, 3.05) is 23.3 Å². The summed E-state index contributed by atoms with van der Waals surface area (Å²) < 4.78 is 0. The highest BCUT2D eigenvalue weighted by Gasteiger charge is 2.23. The van der Waals surface area contributed by atoms with Crippen LogP contribution in [0.1, 0.15) is 24.8 Å². The van der Waals surface area contributed by atoms with Crippen molar-refractivity contribution >= 4 is 23.2 Å². The number of nitrogens with two attached hydrogens (primary N) is 1. The summed E-state index contributed by atoms with van der Waals surface area (Å²) >= 11 is 0. The van der Waals surface area contributed by atoms with Crippen LogP contribution in [0.3, 0.4) is 0 Å². The second-order valence-corrected chi connectivity index (χ2v) is 6.89. The lowest BCUT2D eigenvalue weighted by Crippen LogP contribution is -2.38.